The lowest BCUT2D eigenvalue weighted by molar-refractivity contribution is 0.0697. The molecule has 2 N–H and O–H groups in total. The van der Waals surface area contributed by atoms with Crippen LogP contribution >= 0.6 is 0 Å². The van der Waals surface area contributed by atoms with Crippen molar-refractivity contribution in [1.82, 2.24) is 9.88 Å². The van der Waals surface area contributed by atoms with Crippen molar-refractivity contribution in [3.8, 4) is 0 Å². The van der Waals surface area contributed by atoms with Gasteiger partial charge in [0.1, 0.15) is 0 Å². The summed E-state index contributed by atoms with van der Waals surface area (Å²) < 4.78 is 0. The van der Waals surface area contributed by atoms with Crippen LogP contribution in [0.5, 0.6) is 0 Å². The molecule has 3 rings (SSSR count). The number of nitrogens with zero attached hydrogens (tertiary/aromatic N) is 1. The highest BCUT2D eigenvalue weighted by Gasteiger charge is 2.12. The van der Waals surface area contributed by atoms with Crippen molar-refractivity contribution in [2.24, 2.45) is 0 Å². The van der Waals surface area contributed by atoms with E-state index in [1.54, 1.807) is 12.1 Å². The third-order valence-corrected chi connectivity index (χ3v) is 3.77. The second kappa shape index (κ2) is 5.05. The molecule has 0 amide bonds. The van der Waals surface area contributed by atoms with Gasteiger partial charge in [0.25, 0.3) is 0 Å². The second-order valence-corrected chi connectivity index (χ2v) is 5.24. The van der Waals surface area contributed by atoms with E-state index in [1.807, 2.05) is 6.07 Å². The van der Waals surface area contributed by atoms with Gasteiger partial charge in [0, 0.05) is 17.8 Å². The molecule has 1 aliphatic rings. The monoisotopic (exact) mass is 258 g/mol. The van der Waals surface area contributed by atoms with Gasteiger partial charge in [-0.25, -0.2) is 4.79 Å². The minimum absolute atomic E-state index is 0.332. The van der Waals surface area contributed by atoms with Gasteiger partial charge in [0.05, 0.1) is 5.56 Å². The van der Waals surface area contributed by atoms with Crippen molar-refractivity contribution < 1.29 is 9.90 Å². The van der Waals surface area contributed by atoms with Gasteiger partial charge in [-0.15, -0.1) is 0 Å². The minimum atomic E-state index is -0.880. The van der Waals surface area contributed by atoms with E-state index in [4.69, 9.17) is 5.11 Å². The standard InChI is InChI=1S/C15H18N2O2/c18-15(19)12-5-4-11-8-13(16-14(11)9-12)10-17-6-2-1-3-7-17/h4-5,8-9,16H,1-3,6-7,10H2,(H,18,19). The highest BCUT2D eigenvalue weighted by Crippen LogP contribution is 2.19. The topological polar surface area (TPSA) is 56.3 Å². The quantitative estimate of drug-likeness (QED) is 0.890. The van der Waals surface area contributed by atoms with E-state index in [0.29, 0.717) is 5.56 Å². The molecule has 0 unspecified atom stereocenters. The lowest BCUT2D eigenvalue weighted by Crippen LogP contribution is -2.29. The van der Waals surface area contributed by atoms with Gasteiger partial charge < -0.3 is 10.1 Å². The first-order valence-corrected chi connectivity index (χ1v) is 6.80. The molecule has 4 heteroatoms. The Hall–Kier alpha value is -1.81. The lowest BCUT2D eigenvalue weighted by atomic mass is 10.1. The maximum atomic E-state index is 10.9. The van der Waals surface area contributed by atoms with Crippen molar-refractivity contribution in [1.29, 1.82) is 0 Å². The number of aromatic amines is 1. The molecule has 1 fully saturated rings. The first kappa shape index (κ1) is 12.2. The zero-order chi connectivity index (χ0) is 13.2. The average Bonchev–Trinajstić information content (AvgIpc) is 2.80. The number of hydrogen-bond donors (Lipinski definition) is 2. The van der Waals surface area contributed by atoms with E-state index in [-0.39, 0.29) is 0 Å². The molecule has 0 spiro atoms. The van der Waals surface area contributed by atoms with E-state index in [0.717, 1.165) is 30.5 Å². The largest absolute Gasteiger partial charge is 0.478 e. The lowest BCUT2D eigenvalue weighted by Gasteiger charge is -2.25. The predicted octanol–water partition coefficient (Wildman–Crippen LogP) is 2.85. The van der Waals surface area contributed by atoms with Crippen molar-refractivity contribution in [2.75, 3.05) is 13.1 Å². The molecule has 1 aliphatic heterocycles. The number of carboxylic acids is 1. The maximum Gasteiger partial charge on any atom is 0.335 e. The number of aromatic nitrogens is 1. The Morgan fingerprint density at radius 2 is 2.00 bits per heavy atom. The number of benzene rings is 1. The Labute approximate surface area is 112 Å². The number of carbonyl (C=O) groups is 1. The summed E-state index contributed by atoms with van der Waals surface area (Å²) in [6.07, 6.45) is 3.90. The van der Waals surface area contributed by atoms with Gasteiger partial charge in [-0.05, 0) is 49.5 Å². The summed E-state index contributed by atoms with van der Waals surface area (Å²) in [6.45, 7) is 3.25. The molecule has 2 heterocycles. The molecular formula is C15H18N2O2. The van der Waals surface area contributed by atoms with E-state index in [9.17, 15) is 4.79 Å². The third kappa shape index (κ3) is 2.63. The van der Waals surface area contributed by atoms with Crippen LogP contribution < -0.4 is 0 Å². The van der Waals surface area contributed by atoms with Crippen LogP contribution in [0.1, 0.15) is 35.3 Å². The summed E-state index contributed by atoms with van der Waals surface area (Å²) in [6, 6.07) is 7.35. The van der Waals surface area contributed by atoms with E-state index in [2.05, 4.69) is 16.0 Å². The fraction of sp³-hybridized carbons (Fsp3) is 0.400. The second-order valence-electron chi connectivity index (χ2n) is 5.24. The van der Waals surface area contributed by atoms with Gasteiger partial charge in [0.2, 0.25) is 0 Å². The first-order valence-electron chi connectivity index (χ1n) is 6.80. The summed E-state index contributed by atoms with van der Waals surface area (Å²) >= 11 is 0. The summed E-state index contributed by atoms with van der Waals surface area (Å²) in [5.74, 6) is -0.880. The maximum absolute atomic E-state index is 10.9. The molecule has 100 valence electrons. The van der Waals surface area contributed by atoms with Crippen LogP contribution in [-0.2, 0) is 6.54 Å². The van der Waals surface area contributed by atoms with Crippen LogP contribution in [0, 0.1) is 0 Å². The van der Waals surface area contributed by atoms with Gasteiger partial charge in [-0.3, -0.25) is 4.90 Å². The summed E-state index contributed by atoms with van der Waals surface area (Å²) in [7, 11) is 0. The van der Waals surface area contributed by atoms with Gasteiger partial charge in [-0.1, -0.05) is 12.5 Å². The van der Waals surface area contributed by atoms with E-state index < -0.39 is 5.97 Å². The Balaban J connectivity index is 1.82. The highest BCUT2D eigenvalue weighted by molar-refractivity contribution is 5.93. The van der Waals surface area contributed by atoms with E-state index in [1.165, 1.54) is 25.0 Å². The Kier molecular flexibility index (Phi) is 3.25. The number of likely N-dealkylation sites (tertiary alicyclic amines) is 1. The van der Waals surface area contributed by atoms with Crippen LogP contribution in [0.4, 0.5) is 0 Å². The molecule has 0 saturated carbocycles. The zero-order valence-corrected chi connectivity index (χ0v) is 10.9. The highest BCUT2D eigenvalue weighted by atomic mass is 16.4. The number of H-pyrrole nitrogens is 1. The number of hydrogen-bond acceptors (Lipinski definition) is 2. The summed E-state index contributed by atoms with van der Waals surface area (Å²) in [5, 5.41) is 10.1. The molecule has 0 atom stereocenters. The predicted molar refractivity (Wildman–Crippen MR) is 74.4 cm³/mol. The smallest absolute Gasteiger partial charge is 0.335 e. The minimum Gasteiger partial charge on any atom is -0.478 e. The summed E-state index contributed by atoms with van der Waals surface area (Å²) in [5.41, 5.74) is 2.41. The summed E-state index contributed by atoms with van der Waals surface area (Å²) in [4.78, 5) is 16.7. The zero-order valence-electron chi connectivity index (χ0n) is 10.9. The van der Waals surface area contributed by atoms with E-state index >= 15 is 0 Å². The molecule has 19 heavy (non-hydrogen) atoms. The number of nitrogens with one attached hydrogen (secondary N) is 1. The van der Waals surface area contributed by atoms with Crippen LogP contribution in [0.15, 0.2) is 24.3 Å². The SMILES string of the molecule is O=C(O)c1ccc2cc(CN3CCCCC3)[nH]c2c1. The van der Waals surface area contributed by atoms with Gasteiger partial charge >= 0.3 is 5.97 Å². The molecule has 2 aromatic rings. The number of fused-ring (bicyclic) bond motifs is 1. The number of aromatic carboxylic acids is 1. The fourth-order valence-corrected chi connectivity index (χ4v) is 2.76. The van der Waals surface area contributed by atoms with Crippen LogP contribution in [0.2, 0.25) is 0 Å². The van der Waals surface area contributed by atoms with Crippen molar-refractivity contribution >= 4 is 16.9 Å². The van der Waals surface area contributed by atoms with Crippen molar-refractivity contribution in [3.63, 3.8) is 0 Å². The Bertz CT molecular complexity index is 597. The van der Waals surface area contributed by atoms with Gasteiger partial charge in [0.15, 0.2) is 0 Å². The fourth-order valence-electron chi connectivity index (χ4n) is 2.76. The molecule has 1 saturated heterocycles. The number of carboxylic acid groups (broad SMARTS) is 1. The molecule has 1 aromatic heterocycles. The Morgan fingerprint density at radius 1 is 1.21 bits per heavy atom. The van der Waals surface area contributed by atoms with Crippen molar-refractivity contribution in [3.05, 3.63) is 35.5 Å². The molecule has 0 bridgehead atoms. The van der Waals surface area contributed by atoms with Gasteiger partial charge in [-0.2, -0.15) is 0 Å². The molecule has 4 nitrogen and oxygen atoms in total. The number of rotatable bonds is 3. The third-order valence-electron chi connectivity index (χ3n) is 3.77. The molecule has 1 aromatic carbocycles. The van der Waals surface area contributed by atoms with Crippen LogP contribution in [0.3, 0.4) is 0 Å². The molecular weight excluding hydrogens is 240 g/mol. The molecule has 0 aliphatic carbocycles. The number of piperidine rings is 1. The van der Waals surface area contributed by atoms with Crippen molar-refractivity contribution in [2.45, 2.75) is 25.8 Å². The average molecular weight is 258 g/mol. The molecule has 0 radical (unpaired) electrons. The normalized spacial score (nSPS) is 16.8. The Morgan fingerprint density at radius 3 is 2.74 bits per heavy atom. The first-order chi connectivity index (χ1) is 9.22. The van der Waals surface area contributed by atoms with Crippen LogP contribution in [-0.4, -0.2) is 34.0 Å². The van der Waals surface area contributed by atoms with Crippen LogP contribution in [0.25, 0.3) is 10.9 Å².